The number of nitrogens with one attached hydrogen (secondary N) is 1. The molecule has 0 saturated carbocycles. The second-order valence-corrected chi connectivity index (χ2v) is 6.09. The van der Waals surface area contributed by atoms with Gasteiger partial charge < -0.3 is 9.80 Å². The van der Waals surface area contributed by atoms with E-state index in [1.54, 1.807) is 4.90 Å². The Kier molecular flexibility index (Phi) is 3.96. The number of nitro groups is 1. The molecule has 1 aliphatic rings. The van der Waals surface area contributed by atoms with Crippen LogP contribution in [-0.4, -0.2) is 45.6 Å². The number of hydrogen-bond donors (Lipinski definition) is 1. The van der Waals surface area contributed by atoms with Gasteiger partial charge in [-0.1, -0.05) is 18.2 Å². The van der Waals surface area contributed by atoms with E-state index >= 15 is 0 Å². The van der Waals surface area contributed by atoms with Crippen molar-refractivity contribution in [3.63, 3.8) is 0 Å². The number of nitrogens with zero attached hydrogens (tertiary/aromatic N) is 4. The number of benzene rings is 1. The number of carbonyl (C=O) groups excluding carboxylic acids is 1. The number of aromatic nitrogens is 2. The Morgan fingerprint density at radius 3 is 2.83 bits per heavy atom. The Labute approximate surface area is 139 Å². The highest BCUT2D eigenvalue weighted by Crippen LogP contribution is 2.29. The van der Waals surface area contributed by atoms with E-state index in [4.69, 9.17) is 0 Å². The fraction of sp³-hybridized carbons (Fsp3) is 0.375. The summed E-state index contributed by atoms with van der Waals surface area (Å²) in [4.78, 5) is 27.4. The summed E-state index contributed by atoms with van der Waals surface area (Å²) in [6.07, 6.45) is 0. The zero-order chi connectivity index (χ0) is 17.4. The van der Waals surface area contributed by atoms with Crippen molar-refractivity contribution in [2.45, 2.75) is 26.4 Å². The summed E-state index contributed by atoms with van der Waals surface area (Å²) in [5.41, 5.74) is 1.97. The van der Waals surface area contributed by atoms with Gasteiger partial charge in [0.25, 0.3) is 5.91 Å². The lowest BCUT2D eigenvalue weighted by atomic mass is 10.1. The molecule has 1 amide bonds. The molecule has 0 saturated heterocycles. The van der Waals surface area contributed by atoms with E-state index in [0.717, 1.165) is 11.3 Å². The van der Waals surface area contributed by atoms with Crippen molar-refractivity contribution in [1.29, 1.82) is 0 Å². The van der Waals surface area contributed by atoms with Gasteiger partial charge in [0.2, 0.25) is 5.69 Å². The maximum absolute atomic E-state index is 12.9. The molecule has 0 radical (unpaired) electrons. The molecule has 1 aliphatic heterocycles. The Morgan fingerprint density at radius 2 is 2.12 bits per heavy atom. The van der Waals surface area contributed by atoms with Gasteiger partial charge in [-0.2, -0.15) is 5.10 Å². The molecule has 24 heavy (non-hydrogen) atoms. The van der Waals surface area contributed by atoms with Gasteiger partial charge in [-0.05, 0) is 25.5 Å². The van der Waals surface area contributed by atoms with E-state index < -0.39 is 10.8 Å². The zero-order valence-corrected chi connectivity index (χ0v) is 13.8. The molecular weight excluding hydrogens is 310 g/mol. The second kappa shape index (κ2) is 5.95. The third-order valence-electron chi connectivity index (χ3n) is 4.37. The van der Waals surface area contributed by atoms with Gasteiger partial charge in [0.1, 0.15) is 5.69 Å². The summed E-state index contributed by atoms with van der Waals surface area (Å²) in [5, 5.41) is 17.7. The maximum atomic E-state index is 12.9. The normalized spacial score (nSPS) is 17.4. The lowest BCUT2D eigenvalue weighted by molar-refractivity contribution is -0.385. The standard InChI is InChI=1S/C16H19N5O3/c1-10-8-19(3)13-7-5-4-6-12(13)9-20(10)16(22)14-15(21(23)24)11(2)17-18-14/h4-7,10H,8-9H2,1-3H3,(H,17,18)/t10-/m0/s1. The summed E-state index contributed by atoms with van der Waals surface area (Å²) >= 11 is 0. The van der Waals surface area contributed by atoms with Crippen LogP contribution >= 0.6 is 0 Å². The van der Waals surface area contributed by atoms with Crippen molar-refractivity contribution in [3.05, 3.63) is 51.3 Å². The first kappa shape index (κ1) is 16.0. The van der Waals surface area contributed by atoms with Gasteiger partial charge in [-0.3, -0.25) is 20.0 Å². The largest absolute Gasteiger partial charge is 0.372 e. The molecule has 1 aromatic heterocycles. The molecule has 2 heterocycles. The molecule has 8 nitrogen and oxygen atoms in total. The fourth-order valence-electron chi connectivity index (χ4n) is 3.15. The Hall–Kier alpha value is -2.90. The average molecular weight is 329 g/mol. The summed E-state index contributed by atoms with van der Waals surface area (Å²) in [7, 11) is 1.98. The molecule has 8 heteroatoms. The first-order chi connectivity index (χ1) is 11.4. The van der Waals surface area contributed by atoms with E-state index in [9.17, 15) is 14.9 Å². The van der Waals surface area contributed by atoms with Crippen LogP contribution in [0.3, 0.4) is 0 Å². The van der Waals surface area contributed by atoms with Gasteiger partial charge in [-0.25, -0.2) is 0 Å². The SMILES string of the molecule is Cc1[nH]nc(C(=O)N2Cc3ccccc3N(C)C[C@@H]2C)c1[N+](=O)[O-]. The van der Waals surface area contributed by atoms with Crippen LogP contribution in [0.25, 0.3) is 0 Å². The lowest BCUT2D eigenvalue weighted by Crippen LogP contribution is -2.42. The molecule has 1 N–H and O–H groups in total. The van der Waals surface area contributed by atoms with Crippen molar-refractivity contribution in [3.8, 4) is 0 Å². The molecule has 1 aromatic carbocycles. The molecule has 0 spiro atoms. The van der Waals surface area contributed by atoms with E-state index in [2.05, 4.69) is 15.1 Å². The minimum Gasteiger partial charge on any atom is -0.372 e. The van der Waals surface area contributed by atoms with Gasteiger partial charge in [0, 0.05) is 31.9 Å². The number of hydrogen-bond acceptors (Lipinski definition) is 5. The van der Waals surface area contributed by atoms with Gasteiger partial charge in [-0.15, -0.1) is 0 Å². The van der Waals surface area contributed by atoms with Crippen molar-refractivity contribution in [2.24, 2.45) is 0 Å². The number of carbonyl (C=O) groups is 1. The molecule has 0 unspecified atom stereocenters. The monoisotopic (exact) mass is 329 g/mol. The first-order valence-corrected chi connectivity index (χ1v) is 7.69. The number of anilines is 1. The van der Waals surface area contributed by atoms with Gasteiger partial charge in [0.15, 0.2) is 0 Å². The smallest absolute Gasteiger partial charge is 0.322 e. The second-order valence-electron chi connectivity index (χ2n) is 6.09. The highest BCUT2D eigenvalue weighted by Gasteiger charge is 2.34. The van der Waals surface area contributed by atoms with Crippen molar-refractivity contribution < 1.29 is 9.72 Å². The summed E-state index contributed by atoms with van der Waals surface area (Å²) in [6.45, 7) is 4.51. The number of likely N-dealkylation sites (N-methyl/N-ethyl adjacent to an activating group) is 1. The van der Waals surface area contributed by atoms with Gasteiger partial charge >= 0.3 is 5.69 Å². The molecular formula is C16H19N5O3. The fourth-order valence-corrected chi connectivity index (χ4v) is 3.15. The van der Waals surface area contributed by atoms with Crippen LogP contribution in [0.1, 0.15) is 28.7 Å². The molecule has 0 aliphatic carbocycles. The number of fused-ring (bicyclic) bond motifs is 1. The predicted molar refractivity (Wildman–Crippen MR) is 89.0 cm³/mol. The molecule has 3 rings (SSSR count). The van der Waals surface area contributed by atoms with Crippen LogP contribution in [-0.2, 0) is 6.54 Å². The van der Waals surface area contributed by atoms with E-state index in [1.165, 1.54) is 6.92 Å². The van der Waals surface area contributed by atoms with Crippen molar-refractivity contribution in [2.75, 3.05) is 18.5 Å². The number of aryl methyl sites for hydroxylation is 1. The van der Waals surface area contributed by atoms with Gasteiger partial charge in [0.05, 0.1) is 4.92 Å². The number of H-pyrrole nitrogens is 1. The topological polar surface area (TPSA) is 95.4 Å². The Morgan fingerprint density at radius 1 is 1.42 bits per heavy atom. The van der Waals surface area contributed by atoms with E-state index in [-0.39, 0.29) is 23.1 Å². The summed E-state index contributed by atoms with van der Waals surface area (Å²) in [6, 6.07) is 7.75. The predicted octanol–water partition coefficient (Wildman–Crippen LogP) is 2.11. The highest BCUT2D eigenvalue weighted by atomic mass is 16.6. The zero-order valence-electron chi connectivity index (χ0n) is 13.8. The molecule has 1 atom stereocenters. The lowest BCUT2D eigenvalue weighted by Gasteiger charge is -2.27. The number of para-hydroxylation sites is 1. The van der Waals surface area contributed by atoms with Crippen LogP contribution in [0, 0.1) is 17.0 Å². The third kappa shape index (κ3) is 2.60. The number of rotatable bonds is 2. The van der Waals surface area contributed by atoms with E-state index in [0.29, 0.717) is 13.1 Å². The van der Waals surface area contributed by atoms with Crippen LogP contribution < -0.4 is 4.90 Å². The molecule has 126 valence electrons. The van der Waals surface area contributed by atoms with Crippen LogP contribution in [0.5, 0.6) is 0 Å². The Bertz CT molecular complexity index is 801. The Balaban J connectivity index is 2.00. The summed E-state index contributed by atoms with van der Waals surface area (Å²) < 4.78 is 0. The molecule has 0 bridgehead atoms. The highest BCUT2D eigenvalue weighted by molar-refractivity contribution is 5.97. The first-order valence-electron chi connectivity index (χ1n) is 7.69. The van der Waals surface area contributed by atoms with Crippen LogP contribution in [0.4, 0.5) is 11.4 Å². The third-order valence-corrected chi connectivity index (χ3v) is 4.37. The summed E-state index contributed by atoms with van der Waals surface area (Å²) in [5.74, 6) is -0.427. The van der Waals surface area contributed by atoms with Crippen LogP contribution in [0.15, 0.2) is 24.3 Å². The minimum atomic E-state index is -0.561. The number of amides is 1. The maximum Gasteiger partial charge on any atom is 0.322 e. The van der Waals surface area contributed by atoms with Crippen molar-refractivity contribution in [1.82, 2.24) is 15.1 Å². The molecule has 2 aromatic rings. The minimum absolute atomic E-state index is 0.105. The average Bonchev–Trinajstić information content (AvgIpc) is 2.88. The van der Waals surface area contributed by atoms with E-state index in [1.807, 2.05) is 38.2 Å². The number of aromatic amines is 1. The van der Waals surface area contributed by atoms with Crippen molar-refractivity contribution >= 4 is 17.3 Å². The molecule has 0 fully saturated rings. The van der Waals surface area contributed by atoms with Crippen LogP contribution in [0.2, 0.25) is 0 Å². The quantitative estimate of drug-likeness (QED) is 0.672.